The summed E-state index contributed by atoms with van der Waals surface area (Å²) in [6.07, 6.45) is 0.0568. The molecule has 1 fully saturated rings. The highest BCUT2D eigenvalue weighted by molar-refractivity contribution is 5.98. The predicted octanol–water partition coefficient (Wildman–Crippen LogP) is 5.75. The highest BCUT2D eigenvalue weighted by Gasteiger charge is 2.32. The molecule has 41 heavy (non-hydrogen) atoms. The van der Waals surface area contributed by atoms with Crippen molar-refractivity contribution in [3.63, 3.8) is 0 Å². The number of ether oxygens (including phenoxy) is 1. The summed E-state index contributed by atoms with van der Waals surface area (Å²) in [5.74, 6) is -1.59. The summed E-state index contributed by atoms with van der Waals surface area (Å²) in [6, 6.07) is 27.0. The third-order valence-electron chi connectivity index (χ3n) is 7.04. The number of carbonyl (C=O) groups is 2. The van der Waals surface area contributed by atoms with E-state index in [9.17, 15) is 18.4 Å². The Labute approximate surface area is 238 Å². The van der Waals surface area contributed by atoms with Gasteiger partial charge >= 0.3 is 0 Å². The van der Waals surface area contributed by atoms with E-state index in [4.69, 9.17) is 4.74 Å². The van der Waals surface area contributed by atoms with Gasteiger partial charge in [-0.3, -0.25) is 9.59 Å². The van der Waals surface area contributed by atoms with Gasteiger partial charge in [0.25, 0.3) is 5.91 Å². The Morgan fingerprint density at radius 1 is 0.780 bits per heavy atom. The monoisotopic (exact) mass is 555 g/mol. The van der Waals surface area contributed by atoms with Crippen molar-refractivity contribution in [2.45, 2.75) is 19.0 Å². The highest BCUT2D eigenvalue weighted by atomic mass is 19.1. The third kappa shape index (κ3) is 7.35. The molecule has 6 nitrogen and oxygen atoms in total. The summed E-state index contributed by atoms with van der Waals surface area (Å²) >= 11 is 0. The lowest BCUT2D eigenvalue weighted by atomic mass is 10.0. The first-order valence-corrected chi connectivity index (χ1v) is 13.5. The Morgan fingerprint density at radius 3 is 2.02 bits per heavy atom. The average Bonchev–Trinajstić information content (AvgIpc) is 3.00. The molecule has 210 valence electrons. The number of halogens is 2. The van der Waals surface area contributed by atoms with Gasteiger partial charge in [0.15, 0.2) is 0 Å². The zero-order valence-electron chi connectivity index (χ0n) is 22.5. The van der Waals surface area contributed by atoms with E-state index in [2.05, 4.69) is 10.2 Å². The number of hydrogen-bond donors (Lipinski definition) is 1. The maximum absolute atomic E-state index is 13.9. The first-order chi connectivity index (χ1) is 20.0. The molecule has 8 heteroatoms. The van der Waals surface area contributed by atoms with E-state index in [-0.39, 0.29) is 18.9 Å². The molecule has 1 heterocycles. The topological polar surface area (TPSA) is 61.9 Å². The molecule has 1 unspecified atom stereocenters. The van der Waals surface area contributed by atoms with Gasteiger partial charge in [0, 0.05) is 31.0 Å². The summed E-state index contributed by atoms with van der Waals surface area (Å²) in [4.78, 5) is 31.4. The van der Waals surface area contributed by atoms with Crippen molar-refractivity contribution in [2.24, 2.45) is 0 Å². The minimum atomic E-state index is -1.07. The van der Waals surface area contributed by atoms with Crippen LogP contribution in [-0.2, 0) is 27.3 Å². The Balaban J connectivity index is 1.45. The molecule has 0 spiro atoms. The quantitative estimate of drug-likeness (QED) is 0.286. The van der Waals surface area contributed by atoms with Crippen LogP contribution in [0.3, 0.4) is 0 Å². The van der Waals surface area contributed by atoms with E-state index in [1.54, 1.807) is 12.1 Å². The molecule has 4 aromatic carbocycles. The van der Waals surface area contributed by atoms with Crippen LogP contribution in [-0.4, -0.2) is 43.0 Å². The Morgan fingerprint density at radius 2 is 1.39 bits per heavy atom. The second kappa shape index (κ2) is 13.2. The number of rotatable bonds is 9. The Hall–Kier alpha value is -4.56. The van der Waals surface area contributed by atoms with Crippen molar-refractivity contribution in [3.05, 3.63) is 131 Å². The summed E-state index contributed by atoms with van der Waals surface area (Å²) in [5, 5.41) is 2.95. The van der Waals surface area contributed by atoms with Crippen LogP contribution >= 0.6 is 0 Å². The number of morpholine rings is 1. The number of anilines is 2. The van der Waals surface area contributed by atoms with Gasteiger partial charge in [0.2, 0.25) is 5.91 Å². The number of nitrogens with one attached hydrogen (secondary N) is 1. The molecule has 1 N–H and O–H groups in total. The zero-order chi connectivity index (χ0) is 28.6. The van der Waals surface area contributed by atoms with Gasteiger partial charge in [-0.25, -0.2) is 8.78 Å². The van der Waals surface area contributed by atoms with Gasteiger partial charge in [0.1, 0.15) is 17.7 Å². The van der Waals surface area contributed by atoms with E-state index in [1.807, 2.05) is 54.6 Å². The number of amides is 2. The molecular weight excluding hydrogens is 524 g/mol. The average molecular weight is 556 g/mol. The first-order valence-electron chi connectivity index (χ1n) is 13.5. The van der Waals surface area contributed by atoms with Gasteiger partial charge in [-0.05, 0) is 65.2 Å². The Bertz CT molecular complexity index is 1440. The largest absolute Gasteiger partial charge is 0.378 e. The third-order valence-corrected chi connectivity index (χ3v) is 7.04. The van der Waals surface area contributed by atoms with E-state index in [0.29, 0.717) is 30.0 Å². The zero-order valence-corrected chi connectivity index (χ0v) is 22.5. The van der Waals surface area contributed by atoms with Crippen molar-refractivity contribution in [2.75, 3.05) is 36.5 Å². The lowest BCUT2D eigenvalue weighted by molar-refractivity contribution is -0.139. The molecule has 1 aliphatic heterocycles. The number of nitrogens with zero attached hydrogens (tertiary/aromatic N) is 2. The van der Waals surface area contributed by atoms with Crippen molar-refractivity contribution < 1.29 is 23.1 Å². The lowest BCUT2D eigenvalue weighted by Gasteiger charge is -2.32. The van der Waals surface area contributed by atoms with Crippen LogP contribution < -0.4 is 10.2 Å². The smallest absolute Gasteiger partial charge is 0.251 e. The molecule has 0 saturated carbocycles. The molecule has 2 amide bonds. The Kier molecular flexibility index (Phi) is 9.01. The molecule has 1 aliphatic rings. The van der Waals surface area contributed by atoms with Crippen LogP contribution in [0.4, 0.5) is 20.2 Å². The maximum atomic E-state index is 13.9. The van der Waals surface area contributed by atoms with Crippen LogP contribution in [0.25, 0.3) is 0 Å². The summed E-state index contributed by atoms with van der Waals surface area (Å²) in [5.41, 5.74) is 3.49. The molecule has 0 aromatic heterocycles. The van der Waals surface area contributed by atoms with Gasteiger partial charge in [0.05, 0.1) is 19.6 Å². The van der Waals surface area contributed by atoms with E-state index in [1.165, 1.54) is 41.3 Å². The lowest BCUT2D eigenvalue weighted by Crippen LogP contribution is -2.41. The van der Waals surface area contributed by atoms with E-state index < -0.39 is 23.6 Å². The second-order valence-corrected chi connectivity index (χ2v) is 9.90. The standard InChI is InChI=1S/C33H31F2N3O3/c34-27-10-6-25(7-11-27)23-38(31(39)22-24-4-2-1-3-5-24)32(26-8-12-28(35)13-9-26)33(40)36-29-14-16-30(17-15-29)37-18-20-41-21-19-37/h1-17,32H,18-23H2,(H,36,40). The van der Waals surface area contributed by atoms with Gasteiger partial charge in [-0.15, -0.1) is 0 Å². The minimum Gasteiger partial charge on any atom is -0.378 e. The van der Waals surface area contributed by atoms with Gasteiger partial charge < -0.3 is 19.9 Å². The molecule has 1 atom stereocenters. The number of carbonyl (C=O) groups excluding carboxylic acids is 2. The van der Waals surface area contributed by atoms with E-state index in [0.717, 1.165) is 24.3 Å². The highest BCUT2D eigenvalue weighted by Crippen LogP contribution is 2.28. The van der Waals surface area contributed by atoms with Crippen molar-refractivity contribution >= 4 is 23.2 Å². The second-order valence-electron chi connectivity index (χ2n) is 9.90. The summed E-state index contributed by atoms with van der Waals surface area (Å²) < 4.78 is 33.0. The normalized spacial score (nSPS) is 13.9. The summed E-state index contributed by atoms with van der Waals surface area (Å²) in [6.45, 7) is 2.97. The fraction of sp³-hybridized carbons (Fsp3) is 0.212. The minimum absolute atomic E-state index is 0.0530. The van der Waals surface area contributed by atoms with Crippen LogP contribution in [0.5, 0.6) is 0 Å². The number of benzene rings is 4. The molecule has 5 rings (SSSR count). The fourth-order valence-corrected chi connectivity index (χ4v) is 4.89. The van der Waals surface area contributed by atoms with Crippen LogP contribution in [0.1, 0.15) is 22.7 Å². The van der Waals surface area contributed by atoms with Crippen LogP contribution in [0.15, 0.2) is 103 Å². The molecule has 0 radical (unpaired) electrons. The first kappa shape index (κ1) is 28.0. The van der Waals surface area contributed by atoms with Gasteiger partial charge in [-0.1, -0.05) is 54.6 Å². The van der Waals surface area contributed by atoms with Crippen molar-refractivity contribution in [1.82, 2.24) is 4.90 Å². The van der Waals surface area contributed by atoms with E-state index >= 15 is 0 Å². The van der Waals surface area contributed by atoms with Crippen molar-refractivity contribution in [3.8, 4) is 0 Å². The molecule has 0 aliphatic carbocycles. The molecular formula is C33H31F2N3O3. The predicted molar refractivity (Wildman–Crippen MR) is 154 cm³/mol. The molecule has 0 bridgehead atoms. The molecule has 1 saturated heterocycles. The van der Waals surface area contributed by atoms with Crippen LogP contribution in [0.2, 0.25) is 0 Å². The number of hydrogen-bond acceptors (Lipinski definition) is 4. The maximum Gasteiger partial charge on any atom is 0.251 e. The van der Waals surface area contributed by atoms with Crippen molar-refractivity contribution in [1.29, 1.82) is 0 Å². The SMILES string of the molecule is O=C(Nc1ccc(N2CCOCC2)cc1)C(c1ccc(F)cc1)N(Cc1ccc(F)cc1)C(=O)Cc1ccccc1. The summed E-state index contributed by atoms with van der Waals surface area (Å²) in [7, 11) is 0. The van der Waals surface area contributed by atoms with Crippen LogP contribution in [0, 0.1) is 11.6 Å². The van der Waals surface area contributed by atoms with Gasteiger partial charge in [-0.2, -0.15) is 0 Å². The molecule has 4 aromatic rings. The fourth-order valence-electron chi connectivity index (χ4n) is 4.89.